The van der Waals surface area contributed by atoms with E-state index in [0.717, 1.165) is 12.8 Å². The van der Waals surface area contributed by atoms with Gasteiger partial charge in [-0.1, -0.05) is 24.3 Å². The molecule has 0 spiro atoms. The lowest BCUT2D eigenvalue weighted by atomic mass is 9.96. The topological polar surface area (TPSA) is 41.5 Å². The van der Waals surface area contributed by atoms with Gasteiger partial charge in [0.1, 0.15) is 0 Å². The van der Waals surface area contributed by atoms with Gasteiger partial charge in [0.2, 0.25) is 0 Å². The molecule has 1 aromatic rings. The van der Waals surface area contributed by atoms with Crippen LogP contribution >= 0.6 is 0 Å². The highest BCUT2D eigenvalue weighted by Crippen LogP contribution is 2.47. The van der Waals surface area contributed by atoms with Crippen LogP contribution in [0.15, 0.2) is 24.3 Å². The van der Waals surface area contributed by atoms with E-state index >= 15 is 0 Å². The van der Waals surface area contributed by atoms with E-state index in [1.807, 2.05) is 0 Å². The smallest absolute Gasteiger partial charge is 0.0572 e. The monoisotopic (exact) mass is 207 g/mol. The van der Waals surface area contributed by atoms with Gasteiger partial charge >= 0.3 is 0 Å². The van der Waals surface area contributed by atoms with Crippen LogP contribution in [0.5, 0.6) is 0 Å². The molecule has 1 aromatic carbocycles. The maximum Gasteiger partial charge on any atom is 0.0572 e. The Morgan fingerprint density at radius 2 is 2.00 bits per heavy atom. The van der Waals surface area contributed by atoms with Crippen molar-refractivity contribution in [2.45, 2.75) is 24.8 Å². The molecule has 2 N–H and O–H groups in total. The molecule has 2 rings (SSSR count). The minimum absolute atomic E-state index is 0.0766. The Morgan fingerprint density at radius 3 is 2.47 bits per heavy atom. The lowest BCUT2D eigenvalue weighted by Crippen LogP contribution is -2.13. The summed E-state index contributed by atoms with van der Waals surface area (Å²) < 4.78 is 0. The fourth-order valence-electron chi connectivity index (χ4n) is 1.82. The summed E-state index contributed by atoms with van der Waals surface area (Å²) in [6.45, 7) is 0.978. The summed E-state index contributed by atoms with van der Waals surface area (Å²) in [6, 6.07) is 8.37. The van der Waals surface area contributed by atoms with Crippen molar-refractivity contribution in [3.63, 3.8) is 0 Å². The van der Waals surface area contributed by atoms with E-state index in [2.05, 4.69) is 29.7 Å². The second kappa shape index (κ2) is 4.31. The van der Waals surface area contributed by atoms with Gasteiger partial charge < -0.3 is 9.94 Å². The molecule has 0 aromatic heterocycles. The largest absolute Gasteiger partial charge is 0.395 e. The van der Waals surface area contributed by atoms with Gasteiger partial charge in [-0.3, -0.25) is 0 Å². The van der Waals surface area contributed by atoms with E-state index in [4.69, 9.17) is 4.84 Å². The molecule has 0 heterocycles. The van der Waals surface area contributed by atoms with Crippen molar-refractivity contribution in [3.05, 3.63) is 35.4 Å². The molecule has 0 radical (unpaired) electrons. The Kier molecular flexibility index (Phi) is 3.05. The third-order valence-electron chi connectivity index (χ3n) is 3.14. The van der Waals surface area contributed by atoms with Crippen LogP contribution in [0.2, 0.25) is 0 Å². The minimum atomic E-state index is 0.0766. The van der Waals surface area contributed by atoms with Gasteiger partial charge in [-0.05, 0) is 24.0 Å². The van der Waals surface area contributed by atoms with Crippen LogP contribution in [0.1, 0.15) is 24.0 Å². The maximum absolute atomic E-state index is 9.29. The quantitative estimate of drug-likeness (QED) is 0.716. The van der Waals surface area contributed by atoms with Crippen molar-refractivity contribution >= 4 is 0 Å². The summed E-state index contributed by atoms with van der Waals surface area (Å²) in [5.74, 6) is 0. The van der Waals surface area contributed by atoms with Gasteiger partial charge in [0.05, 0.1) is 13.7 Å². The van der Waals surface area contributed by atoms with Crippen LogP contribution in [0.25, 0.3) is 0 Å². The summed E-state index contributed by atoms with van der Waals surface area (Å²) in [5, 5.41) is 9.29. The molecule has 1 saturated carbocycles. The van der Waals surface area contributed by atoms with E-state index in [-0.39, 0.29) is 12.0 Å². The SMILES string of the molecule is CONCc1ccc(C2(CO)CC2)cc1. The molecule has 1 fully saturated rings. The number of hydroxylamine groups is 1. The predicted molar refractivity (Wildman–Crippen MR) is 58.3 cm³/mol. The summed E-state index contributed by atoms with van der Waals surface area (Å²) >= 11 is 0. The third kappa shape index (κ3) is 2.20. The molecule has 1 aliphatic carbocycles. The Hall–Kier alpha value is -0.900. The molecule has 0 atom stereocenters. The van der Waals surface area contributed by atoms with Crippen LogP contribution in [0.4, 0.5) is 0 Å². The molecular formula is C12H17NO2. The standard InChI is InChI=1S/C12H17NO2/c1-15-13-8-10-2-4-11(5-3-10)12(9-14)6-7-12/h2-5,13-14H,6-9H2,1H3. The molecular weight excluding hydrogens is 190 g/mol. The summed E-state index contributed by atoms with van der Waals surface area (Å²) in [4.78, 5) is 4.79. The summed E-state index contributed by atoms with van der Waals surface area (Å²) in [6.07, 6.45) is 2.22. The molecule has 0 amide bonds. The number of benzene rings is 1. The van der Waals surface area contributed by atoms with Crippen LogP contribution < -0.4 is 5.48 Å². The predicted octanol–water partition coefficient (Wildman–Crippen LogP) is 1.36. The Bertz CT molecular complexity index is 317. The van der Waals surface area contributed by atoms with E-state index in [1.54, 1.807) is 7.11 Å². The van der Waals surface area contributed by atoms with Gasteiger partial charge in [0.25, 0.3) is 0 Å². The third-order valence-corrected chi connectivity index (χ3v) is 3.14. The average molecular weight is 207 g/mol. The normalized spacial score (nSPS) is 17.7. The molecule has 0 unspecified atom stereocenters. The van der Waals surface area contributed by atoms with Crippen molar-refractivity contribution in [3.8, 4) is 0 Å². The van der Waals surface area contributed by atoms with Gasteiger partial charge in [-0.2, -0.15) is 5.48 Å². The molecule has 15 heavy (non-hydrogen) atoms. The lowest BCUT2D eigenvalue weighted by molar-refractivity contribution is 0.0867. The molecule has 0 saturated heterocycles. The van der Waals surface area contributed by atoms with E-state index in [9.17, 15) is 5.11 Å². The molecule has 0 aliphatic heterocycles. The first-order valence-corrected chi connectivity index (χ1v) is 5.27. The summed E-state index contributed by atoms with van der Waals surface area (Å²) in [7, 11) is 1.61. The first kappa shape index (κ1) is 10.6. The molecule has 0 bridgehead atoms. The average Bonchev–Trinajstić information content (AvgIpc) is 3.08. The second-order valence-electron chi connectivity index (χ2n) is 4.16. The maximum atomic E-state index is 9.29. The van der Waals surface area contributed by atoms with Gasteiger partial charge in [0.15, 0.2) is 0 Å². The zero-order chi connectivity index (χ0) is 10.7. The molecule has 82 valence electrons. The first-order valence-electron chi connectivity index (χ1n) is 5.27. The van der Waals surface area contributed by atoms with Crippen molar-refractivity contribution in [2.75, 3.05) is 13.7 Å². The number of aliphatic hydroxyl groups excluding tert-OH is 1. The van der Waals surface area contributed by atoms with Crippen molar-refractivity contribution in [1.29, 1.82) is 0 Å². The van der Waals surface area contributed by atoms with Crippen molar-refractivity contribution in [2.24, 2.45) is 0 Å². The minimum Gasteiger partial charge on any atom is -0.395 e. The van der Waals surface area contributed by atoms with Crippen LogP contribution in [-0.4, -0.2) is 18.8 Å². The fourth-order valence-corrected chi connectivity index (χ4v) is 1.82. The van der Waals surface area contributed by atoms with Gasteiger partial charge in [0, 0.05) is 12.0 Å². The number of nitrogens with one attached hydrogen (secondary N) is 1. The van der Waals surface area contributed by atoms with Gasteiger partial charge in [-0.25, -0.2) is 0 Å². The number of hydrogen-bond donors (Lipinski definition) is 2. The van der Waals surface area contributed by atoms with Gasteiger partial charge in [-0.15, -0.1) is 0 Å². The highest BCUT2D eigenvalue weighted by atomic mass is 16.6. The van der Waals surface area contributed by atoms with Crippen molar-refractivity contribution < 1.29 is 9.94 Å². The number of aliphatic hydroxyl groups is 1. The van der Waals surface area contributed by atoms with E-state index in [1.165, 1.54) is 11.1 Å². The lowest BCUT2D eigenvalue weighted by Gasteiger charge is -2.12. The van der Waals surface area contributed by atoms with Crippen molar-refractivity contribution in [1.82, 2.24) is 5.48 Å². The molecule has 3 heteroatoms. The summed E-state index contributed by atoms with van der Waals surface area (Å²) in [5.41, 5.74) is 5.32. The molecule has 1 aliphatic rings. The van der Waals surface area contributed by atoms with Crippen LogP contribution in [0, 0.1) is 0 Å². The fraction of sp³-hybridized carbons (Fsp3) is 0.500. The van der Waals surface area contributed by atoms with E-state index < -0.39 is 0 Å². The van der Waals surface area contributed by atoms with Crippen LogP contribution in [-0.2, 0) is 16.8 Å². The molecule has 3 nitrogen and oxygen atoms in total. The zero-order valence-electron chi connectivity index (χ0n) is 8.99. The Morgan fingerprint density at radius 1 is 1.33 bits per heavy atom. The van der Waals surface area contributed by atoms with Crippen LogP contribution in [0.3, 0.4) is 0 Å². The highest BCUT2D eigenvalue weighted by Gasteiger charge is 2.43. The second-order valence-corrected chi connectivity index (χ2v) is 4.16. The highest BCUT2D eigenvalue weighted by molar-refractivity contribution is 5.33. The Balaban J connectivity index is 2.04. The number of hydrogen-bond acceptors (Lipinski definition) is 3. The first-order chi connectivity index (χ1) is 7.30. The number of rotatable bonds is 5. The Labute approximate surface area is 90.0 Å². The van der Waals surface area contributed by atoms with E-state index in [0.29, 0.717) is 6.54 Å². The zero-order valence-corrected chi connectivity index (χ0v) is 8.99.